The normalized spacial score (nSPS) is 20.1. The van der Waals surface area contributed by atoms with E-state index in [2.05, 4.69) is 22.0 Å². The Morgan fingerprint density at radius 1 is 1.28 bits per heavy atom. The zero-order valence-electron chi connectivity index (χ0n) is 13.6. The van der Waals surface area contributed by atoms with Crippen LogP contribution in [0.25, 0.3) is 0 Å². The van der Waals surface area contributed by atoms with Crippen LogP contribution >= 0.6 is 11.3 Å². The predicted octanol–water partition coefficient (Wildman–Crippen LogP) is 2.64. The van der Waals surface area contributed by atoms with Crippen LogP contribution in [-0.4, -0.2) is 41.8 Å². The number of hydrogen-bond donors (Lipinski definition) is 0. The molecule has 3 rings (SSSR count). The molecule has 2 atom stereocenters. The van der Waals surface area contributed by atoms with Gasteiger partial charge < -0.3 is 9.64 Å². The summed E-state index contributed by atoms with van der Waals surface area (Å²) < 4.78 is 34.8. The lowest BCUT2D eigenvalue weighted by Gasteiger charge is -2.37. The Bertz CT molecular complexity index is 836. The van der Waals surface area contributed by atoms with E-state index in [-0.39, 0.29) is 29.0 Å². The predicted molar refractivity (Wildman–Crippen MR) is 89.9 cm³/mol. The third kappa shape index (κ3) is 3.67. The molecule has 8 heteroatoms. The molecular weight excluding hydrogens is 348 g/mol. The van der Waals surface area contributed by atoms with Gasteiger partial charge in [-0.15, -0.1) is 10.2 Å². The highest BCUT2D eigenvalue weighted by molar-refractivity contribution is 7.09. The van der Waals surface area contributed by atoms with E-state index in [1.165, 1.54) is 22.9 Å². The molecule has 1 aliphatic heterocycles. The summed E-state index contributed by atoms with van der Waals surface area (Å²) in [5, 5.41) is 7.72. The van der Waals surface area contributed by atoms with Crippen LogP contribution in [-0.2, 0) is 4.74 Å². The minimum Gasteiger partial charge on any atom is -0.372 e. The van der Waals surface area contributed by atoms with E-state index in [0.717, 1.165) is 0 Å². The van der Waals surface area contributed by atoms with Crippen molar-refractivity contribution in [3.05, 3.63) is 39.3 Å². The molecule has 1 aromatic heterocycles. The van der Waals surface area contributed by atoms with Crippen LogP contribution in [0.2, 0.25) is 0 Å². The lowest BCUT2D eigenvalue weighted by atomic mass is 10.1. The standard InChI is InChI=1S/C17H15F2N3O2S/c1-10-6-22(7-11(2)24-10)17-13(8-23)5-12(15(18)16(17)19)3-4-14-21-20-9-25-14/h5,8-11H,6-7H2,1-2H3. The second kappa shape index (κ2) is 7.25. The molecule has 0 bridgehead atoms. The molecule has 1 fully saturated rings. The SMILES string of the molecule is CC1CN(c2c(C=O)cc(C#Cc3nncs3)c(F)c2F)CC(C)O1. The van der Waals surface area contributed by atoms with Crippen molar-refractivity contribution in [2.24, 2.45) is 0 Å². The number of aromatic nitrogens is 2. The first-order valence-corrected chi connectivity index (χ1v) is 8.53. The molecule has 0 N–H and O–H groups in total. The van der Waals surface area contributed by atoms with Crippen molar-refractivity contribution >= 4 is 23.3 Å². The maximum absolute atomic E-state index is 14.7. The third-order valence-electron chi connectivity index (χ3n) is 3.74. The van der Waals surface area contributed by atoms with E-state index in [1.807, 2.05) is 13.8 Å². The number of halogens is 2. The topological polar surface area (TPSA) is 55.3 Å². The van der Waals surface area contributed by atoms with Crippen molar-refractivity contribution in [2.45, 2.75) is 26.1 Å². The van der Waals surface area contributed by atoms with Gasteiger partial charge in [-0.3, -0.25) is 4.79 Å². The second-order valence-electron chi connectivity index (χ2n) is 5.76. The second-order valence-corrected chi connectivity index (χ2v) is 6.60. The average molecular weight is 363 g/mol. The number of benzene rings is 1. The lowest BCUT2D eigenvalue weighted by molar-refractivity contribution is -0.00547. The summed E-state index contributed by atoms with van der Waals surface area (Å²) in [4.78, 5) is 13.1. The average Bonchev–Trinajstić information content (AvgIpc) is 3.08. The van der Waals surface area contributed by atoms with Crippen LogP contribution in [0.4, 0.5) is 14.5 Å². The summed E-state index contributed by atoms with van der Waals surface area (Å²) in [6.45, 7) is 4.44. The zero-order valence-corrected chi connectivity index (χ0v) is 14.4. The number of hydrogen-bond acceptors (Lipinski definition) is 6. The van der Waals surface area contributed by atoms with Crippen molar-refractivity contribution in [3.63, 3.8) is 0 Å². The first kappa shape index (κ1) is 17.5. The Morgan fingerprint density at radius 2 is 2.00 bits per heavy atom. The van der Waals surface area contributed by atoms with Gasteiger partial charge in [-0.1, -0.05) is 17.3 Å². The van der Waals surface area contributed by atoms with Gasteiger partial charge in [-0.2, -0.15) is 0 Å². The van der Waals surface area contributed by atoms with Crippen LogP contribution in [0.5, 0.6) is 0 Å². The fourth-order valence-electron chi connectivity index (χ4n) is 2.85. The highest BCUT2D eigenvalue weighted by Crippen LogP contribution is 2.30. The van der Waals surface area contributed by atoms with Gasteiger partial charge >= 0.3 is 0 Å². The van der Waals surface area contributed by atoms with E-state index in [0.29, 0.717) is 24.4 Å². The number of aldehydes is 1. The largest absolute Gasteiger partial charge is 0.372 e. The van der Waals surface area contributed by atoms with Crippen molar-refractivity contribution in [1.29, 1.82) is 0 Å². The minimum absolute atomic E-state index is 0.0454. The maximum Gasteiger partial charge on any atom is 0.191 e. The molecule has 2 aromatic rings. The summed E-state index contributed by atoms with van der Waals surface area (Å²) >= 11 is 1.18. The van der Waals surface area contributed by atoms with Gasteiger partial charge in [0.15, 0.2) is 22.9 Å². The van der Waals surface area contributed by atoms with E-state index >= 15 is 0 Å². The first-order valence-electron chi connectivity index (χ1n) is 7.65. The number of morpholine rings is 1. The van der Waals surface area contributed by atoms with Gasteiger partial charge in [-0.05, 0) is 25.8 Å². The van der Waals surface area contributed by atoms with E-state index in [9.17, 15) is 13.6 Å². The highest BCUT2D eigenvalue weighted by Gasteiger charge is 2.28. The van der Waals surface area contributed by atoms with Gasteiger partial charge in [-0.25, -0.2) is 8.78 Å². The Morgan fingerprint density at radius 3 is 2.60 bits per heavy atom. The summed E-state index contributed by atoms with van der Waals surface area (Å²) in [6, 6.07) is 1.26. The van der Waals surface area contributed by atoms with Crippen LogP contribution < -0.4 is 4.90 Å². The van der Waals surface area contributed by atoms with Crippen molar-refractivity contribution in [2.75, 3.05) is 18.0 Å². The molecule has 1 aromatic carbocycles. The van der Waals surface area contributed by atoms with E-state index in [4.69, 9.17) is 4.74 Å². The number of ether oxygens (including phenoxy) is 1. The Balaban J connectivity index is 2.03. The van der Waals surface area contributed by atoms with Crippen LogP contribution in [0.1, 0.15) is 34.8 Å². The molecule has 0 saturated carbocycles. The monoisotopic (exact) mass is 363 g/mol. The molecule has 2 unspecified atom stereocenters. The summed E-state index contributed by atoms with van der Waals surface area (Å²) in [5.74, 6) is 2.98. The molecule has 0 spiro atoms. The molecule has 0 radical (unpaired) electrons. The van der Waals surface area contributed by atoms with Gasteiger partial charge in [0, 0.05) is 18.7 Å². The van der Waals surface area contributed by atoms with Crippen molar-refractivity contribution < 1.29 is 18.3 Å². The third-order valence-corrected chi connectivity index (χ3v) is 4.34. The van der Waals surface area contributed by atoms with E-state index in [1.54, 1.807) is 4.90 Å². The molecule has 2 heterocycles. The molecular formula is C17H15F2N3O2S. The lowest BCUT2D eigenvalue weighted by Crippen LogP contribution is -2.46. The van der Waals surface area contributed by atoms with Crippen LogP contribution in [0.15, 0.2) is 11.6 Å². The molecule has 130 valence electrons. The molecule has 5 nitrogen and oxygen atoms in total. The maximum atomic E-state index is 14.7. The molecule has 1 aliphatic rings. The fraction of sp³-hybridized carbons (Fsp3) is 0.353. The molecule has 0 amide bonds. The Kier molecular flexibility index (Phi) is 5.06. The van der Waals surface area contributed by atoms with Gasteiger partial charge in [0.25, 0.3) is 0 Å². The molecule has 25 heavy (non-hydrogen) atoms. The number of carbonyl (C=O) groups excluding carboxylic acids is 1. The minimum atomic E-state index is -1.08. The zero-order chi connectivity index (χ0) is 18.0. The van der Waals surface area contributed by atoms with Gasteiger partial charge in [0.2, 0.25) is 0 Å². The van der Waals surface area contributed by atoms with Gasteiger partial charge in [0.05, 0.1) is 23.5 Å². The van der Waals surface area contributed by atoms with Crippen LogP contribution in [0, 0.1) is 23.5 Å². The first-order chi connectivity index (χ1) is 12.0. The van der Waals surface area contributed by atoms with Crippen molar-refractivity contribution in [1.82, 2.24) is 10.2 Å². The highest BCUT2D eigenvalue weighted by atomic mass is 32.1. The number of rotatable bonds is 2. The van der Waals surface area contributed by atoms with E-state index < -0.39 is 11.6 Å². The van der Waals surface area contributed by atoms with Gasteiger partial charge in [0.1, 0.15) is 5.51 Å². The number of anilines is 1. The number of nitrogens with zero attached hydrogens (tertiary/aromatic N) is 3. The fourth-order valence-corrected chi connectivity index (χ4v) is 3.25. The summed E-state index contributed by atoms with van der Waals surface area (Å²) in [5.41, 5.74) is 1.31. The Hall–Kier alpha value is -2.37. The molecule has 0 aliphatic carbocycles. The Labute approximate surface area is 147 Å². The summed E-state index contributed by atoms with van der Waals surface area (Å²) in [7, 11) is 0. The summed E-state index contributed by atoms with van der Waals surface area (Å²) in [6.07, 6.45) is 0.212. The van der Waals surface area contributed by atoms with Crippen molar-refractivity contribution in [3.8, 4) is 11.8 Å². The quantitative estimate of drug-likeness (QED) is 0.607. The molecule has 1 saturated heterocycles. The van der Waals surface area contributed by atoms with Crippen LogP contribution in [0.3, 0.4) is 0 Å². The smallest absolute Gasteiger partial charge is 0.191 e. The number of carbonyl (C=O) groups is 1.